The standard InChI is InChI=1S/C12H11Cl2NO5/c1-3-19-12(16)7(2)6-20-11-9(13)4-8(15(17)18)5-10(11)14/h4-5H,2-3,6H2,1H3. The molecule has 0 heterocycles. The topological polar surface area (TPSA) is 78.7 Å². The number of nitrogens with zero attached hydrogens (tertiary/aromatic N) is 1. The number of carbonyl (C=O) groups excluding carboxylic acids is 1. The number of hydrogen-bond donors (Lipinski definition) is 0. The summed E-state index contributed by atoms with van der Waals surface area (Å²) in [6.45, 7) is 5.20. The highest BCUT2D eigenvalue weighted by Crippen LogP contribution is 2.36. The van der Waals surface area contributed by atoms with Crippen LogP contribution in [0.1, 0.15) is 6.92 Å². The Morgan fingerprint density at radius 3 is 2.40 bits per heavy atom. The van der Waals surface area contributed by atoms with E-state index in [1.807, 2.05) is 0 Å². The van der Waals surface area contributed by atoms with Gasteiger partial charge in [-0.3, -0.25) is 10.1 Å². The molecule has 8 heteroatoms. The average molecular weight is 320 g/mol. The zero-order valence-corrected chi connectivity index (χ0v) is 12.0. The van der Waals surface area contributed by atoms with E-state index < -0.39 is 10.9 Å². The summed E-state index contributed by atoms with van der Waals surface area (Å²) >= 11 is 11.7. The fourth-order valence-corrected chi connectivity index (χ4v) is 1.83. The van der Waals surface area contributed by atoms with Crippen LogP contribution in [0.25, 0.3) is 0 Å². The molecule has 20 heavy (non-hydrogen) atoms. The average Bonchev–Trinajstić information content (AvgIpc) is 2.37. The number of benzene rings is 1. The lowest BCUT2D eigenvalue weighted by molar-refractivity contribution is -0.384. The monoisotopic (exact) mass is 319 g/mol. The molecule has 1 aromatic rings. The first-order valence-electron chi connectivity index (χ1n) is 5.48. The van der Waals surface area contributed by atoms with Gasteiger partial charge in [0.1, 0.15) is 6.61 Å². The third-order valence-corrected chi connectivity index (χ3v) is 2.71. The van der Waals surface area contributed by atoms with Gasteiger partial charge in [0.05, 0.1) is 27.1 Å². The molecule has 0 aliphatic heterocycles. The number of non-ortho nitro benzene ring substituents is 1. The Balaban J connectivity index is 2.81. The minimum absolute atomic E-state index is 0.0270. The third-order valence-electron chi connectivity index (χ3n) is 2.15. The van der Waals surface area contributed by atoms with Gasteiger partial charge in [0.2, 0.25) is 0 Å². The number of nitro benzene ring substituents is 1. The van der Waals surface area contributed by atoms with Crippen molar-refractivity contribution in [1.29, 1.82) is 0 Å². The van der Waals surface area contributed by atoms with Crippen LogP contribution in [0.15, 0.2) is 24.3 Å². The van der Waals surface area contributed by atoms with Crippen LogP contribution in [0.5, 0.6) is 5.75 Å². The molecule has 108 valence electrons. The van der Waals surface area contributed by atoms with Gasteiger partial charge >= 0.3 is 5.97 Å². The molecule has 0 saturated carbocycles. The van der Waals surface area contributed by atoms with Crippen molar-refractivity contribution in [2.24, 2.45) is 0 Å². The molecular weight excluding hydrogens is 309 g/mol. The van der Waals surface area contributed by atoms with Crippen molar-refractivity contribution in [1.82, 2.24) is 0 Å². The Hall–Kier alpha value is -1.79. The molecule has 0 aromatic heterocycles. The molecule has 0 unspecified atom stereocenters. The second kappa shape index (κ2) is 7.12. The fourth-order valence-electron chi connectivity index (χ4n) is 1.24. The molecule has 0 N–H and O–H groups in total. The molecular formula is C12H11Cl2NO5. The Bertz CT molecular complexity index is 536. The van der Waals surface area contributed by atoms with Gasteiger partial charge in [-0.1, -0.05) is 29.8 Å². The molecule has 0 amide bonds. The molecule has 1 rings (SSSR count). The highest BCUT2D eigenvalue weighted by molar-refractivity contribution is 6.37. The number of nitro groups is 1. The highest BCUT2D eigenvalue weighted by Gasteiger charge is 2.17. The van der Waals surface area contributed by atoms with E-state index in [1.165, 1.54) is 0 Å². The van der Waals surface area contributed by atoms with Gasteiger partial charge in [0.15, 0.2) is 5.75 Å². The number of hydrogen-bond acceptors (Lipinski definition) is 5. The van der Waals surface area contributed by atoms with Crippen molar-refractivity contribution in [3.05, 3.63) is 44.4 Å². The molecule has 0 spiro atoms. The van der Waals surface area contributed by atoms with Gasteiger partial charge in [0, 0.05) is 12.1 Å². The summed E-state index contributed by atoms with van der Waals surface area (Å²) in [5.74, 6) is -0.550. The van der Waals surface area contributed by atoms with Crippen LogP contribution in [-0.2, 0) is 9.53 Å². The van der Waals surface area contributed by atoms with E-state index in [9.17, 15) is 14.9 Å². The molecule has 0 atom stereocenters. The molecule has 0 fully saturated rings. The number of esters is 1. The van der Waals surface area contributed by atoms with Crippen LogP contribution in [0.3, 0.4) is 0 Å². The minimum Gasteiger partial charge on any atom is -0.486 e. The smallest absolute Gasteiger partial charge is 0.336 e. The van der Waals surface area contributed by atoms with Crippen molar-refractivity contribution < 1.29 is 19.2 Å². The lowest BCUT2D eigenvalue weighted by Gasteiger charge is -2.10. The zero-order valence-electron chi connectivity index (χ0n) is 10.5. The first-order valence-corrected chi connectivity index (χ1v) is 6.23. The molecule has 0 saturated heterocycles. The predicted octanol–water partition coefficient (Wildman–Crippen LogP) is 3.40. The van der Waals surface area contributed by atoms with Gasteiger partial charge in [-0.2, -0.15) is 0 Å². The van der Waals surface area contributed by atoms with Gasteiger partial charge < -0.3 is 9.47 Å². The summed E-state index contributed by atoms with van der Waals surface area (Å²) < 4.78 is 9.97. The summed E-state index contributed by atoms with van der Waals surface area (Å²) in [5.41, 5.74) is -0.172. The Morgan fingerprint density at radius 2 is 1.95 bits per heavy atom. The zero-order chi connectivity index (χ0) is 15.3. The van der Waals surface area contributed by atoms with Crippen molar-refractivity contribution >= 4 is 34.9 Å². The van der Waals surface area contributed by atoms with E-state index >= 15 is 0 Å². The summed E-state index contributed by atoms with van der Waals surface area (Å²) in [5, 5.41) is 10.6. The van der Waals surface area contributed by atoms with Crippen LogP contribution < -0.4 is 4.74 Å². The predicted molar refractivity (Wildman–Crippen MR) is 74.4 cm³/mol. The van der Waals surface area contributed by atoms with E-state index in [2.05, 4.69) is 6.58 Å². The van der Waals surface area contributed by atoms with Gasteiger partial charge in [-0.05, 0) is 6.92 Å². The first kappa shape index (κ1) is 16.3. The summed E-state index contributed by atoms with van der Waals surface area (Å²) in [4.78, 5) is 21.3. The summed E-state index contributed by atoms with van der Waals surface area (Å²) in [6.07, 6.45) is 0. The van der Waals surface area contributed by atoms with Gasteiger partial charge in [0.25, 0.3) is 5.69 Å². The fraction of sp³-hybridized carbons (Fsp3) is 0.250. The molecule has 0 aliphatic carbocycles. The van der Waals surface area contributed by atoms with Crippen molar-refractivity contribution in [3.63, 3.8) is 0 Å². The van der Waals surface area contributed by atoms with E-state index in [0.29, 0.717) is 0 Å². The van der Waals surface area contributed by atoms with E-state index in [-0.39, 0.29) is 40.3 Å². The molecule has 6 nitrogen and oxygen atoms in total. The number of carbonyl (C=O) groups is 1. The van der Waals surface area contributed by atoms with Crippen LogP contribution >= 0.6 is 23.2 Å². The molecule has 1 aromatic carbocycles. The van der Waals surface area contributed by atoms with Crippen molar-refractivity contribution in [2.75, 3.05) is 13.2 Å². The summed E-state index contributed by atoms with van der Waals surface area (Å²) in [7, 11) is 0. The van der Waals surface area contributed by atoms with E-state index in [4.69, 9.17) is 32.7 Å². The first-order chi connectivity index (χ1) is 9.36. The maximum Gasteiger partial charge on any atom is 0.336 e. The van der Waals surface area contributed by atoms with Gasteiger partial charge in [-0.25, -0.2) is 4.79 Å². The van der Waals surface area contributed by atoms with Crippen molar-refractivity contribution in [2.45, 2.75) is 6.92 Å². The quantitative estimate of drug-likeness (QED) is 0.347. The Morgan fingerprint density at radius 1 is 1.40 bits per heavy atom. The molecule has 0 radical (unpaired) electrons. The summed E-state index contributed by atoms with van der Waals surface area (Å²) in [6, 6.07) is 2.21. The highest BCUT2D eigenvalue weighted by atomic mass is 35.5. The minimum atomic E-state index is -0.626. The van der Waals surface area contributed by atoms with E-state index in [1.54, 1.807) is 6.92 Å². The SMILES string of the molecule is C=C(COc1c(Cl)cc([N+](=O)[O-])cc1Cl)C(=O)OCC. The third kappa shape index (κ3) is 4.11. The molecule has 0 aliphatic rings. The lowest BCUT2D eigenvalue weighted by atomic mass is 10.3. The Labute approximate surface area is 125 Å². The van der Waals surface area contributed by atoms with Crippen molar-refractivity contribution in [3.8, 4) is 5.75 Å². The van der Waals surface area contributed by atoms with Crippen LogP contribution in [0.2, 0.25) is 10.0 Å². The van der Waals surface area contributed by atoms with Gasteiger partial charge in [-0.15, -0.1) is 0 Å². The number of rotatable bonds is 6. The second-order valence-corrected chi connectivity index (χ2v) is 4.42. The van der Waals surface area contributed by atoms with Crippen LogP contribution in [0.4, 0.5) is 5.69 Å². The lowest BCUT2D eigenvalue weighted by Crippen LogP contribution is -2.13. The Kier molecular flexibility index (Phi) is 5.79. The second-order valence-electron chi connectivity index (χ2n) is 3.61. The molecule has 0 bridgehead atoms. The maximum atomic E-state index is 11.3. The number of ether oxygens (including phenoxy) is 2. The number of halogens is 2. The maximum absolute atomic E-state index is 11.3. The van der Waals surface area contributed by atoms with Crippen LogP contribution in [0, 0.1) is 10.1 Å². The normalized spacial score (nSPS) is 9.95. The largest absolute Gasteiger partial charge is 0.486 e. The van der Waals surface area contributed by atoms with E-state index in [0.717, 1.165) is 12.1 Å². The van der Waals surface area contributed by atoms with Crippen LogP contribution in [-0.4, -0.2) is 24.1 Å².